The molecule has 1 saturated carbocycles. The number of ether oxygens (including phenoxy) is 1. The number of likely N-dealkylation sites (tertiary alicyclic amines) is 1. The molecule has 196 valence electrons. The normalized spacial score (nSPS) is 22.4. The van der Waals surface area contributed by atoms with Crippen LogP contribution in [0.1, 0.15) is 30.1 Å². The molecule has 1 aliphatic carbocycles. The first-order valence-corrected chi connectivity index (χ1v) is 12.2. The third-order valence-electron chi connectivity index (χ3n) is 6.77. The number of alkyl halides is 1. The van der Waals surface area contributed by atoms with E-state index in [9.17, 15) is 19.2 Å². The summed E-state index contributed by atoms with van der Waals surface area (Å²) in [5.74, 6) is 0.397. The molecule has 2 aliphatic rings. The Morgan fingerprint density at radius 3 is 2.79 bits per heavy atom. The van der Waals surface area contributed by atoms with E-state index >= 15 is 0 Å². The predicted octanol–water partition coefficient (Wildman–Crippen LogP) is 1.80. The van der Waals surface area contributed by atoms with E-state index in [1.807, 2.05) is 0 Å². The minimum Gasteiger partial charge on any atom is -0.486 e. The molecule has 1 aromatic carbocycles. The minimum atomic E-state index is -1.45. The molecule has 12 heteroatoms. The van der Waals surface area contributed by atoms with Crippen molar-refractivity contribution in [1.82, 2.24) is 24.6 Å². The summed E-state index contributed by atoms with van der Waals surface area (Å²) in [6.45, 7) is -0.576. The number of benzene rings is 1. The summed E-state index contributed by atoms with van der Waals surface area (Å²) in [4.78, 5) is 34.1. The summed E-state index contributed by atoms with van der Waals surface area (Å²) in [6.07, 6.45) is 1.84. The number of aromatic nitrogens is 4. The van der Waals surface area contributed by atoms with E-state index in [4.69, 9.17) is 9.84 Å². The Morgan fingerprint density at radius 1 is 1.26 bits per heavy atom. The van der Waals surface area contributed by atoms with Gasteiger partial charge in [0.25, 0.3) is 0 Å². The number of nitriles is 1. The number of halogens is 1. The van der Waals surface area contributed by atoms with E-state index < -0.39 is 24.8 Å². The lowest BCUT2D eigenvalue weighted by Gasteiger charge is -2.34. The second-order valence-corrected chi connectivity index (χ2v) is 9.43. The first kappa shape index (κ1) is 25.3. The largest absolute Gasteiger partial charge is 0.486 e. The van der Waals surface area contributed by atoms with Crippen LogP contribution >= 0.6 is 0 Å². The number of amides is 2. The van der Waals surface area contributed by atoms with E-state index in [-0.39, 0.29) is 48.6 Å². The molecule has 4 atom stereocenters. The van der Waals surface area contributed by atoms with Gasteiger partial charge in [-0.05, 0) is 41.8 Å². The number of rotatable bonds is 7. The summed E-state index contributed by atoms with van der Waals surface area (Å²) in [5.41, 5.74) is 1.67. The zero-order chi connectivity index (χ0) is 26.8. The smallest absolute Gasteiger partial charge is 0.248 e. The second kappa shape index (κ2) is 10.5. The highest BCUT2D eigenvalue weighted by Gasteiger charge is 2.46. The number of carbonyl (C=O) groups excluding carboxylic acids is 2. The van der Waals surface area contributed by atoms with E-state index in [1.165, 1.54) is 4.90 Å². The number of carbonyl (C=O) groups is 2. The van der Waals surface area contributed by atoms with Crippen molar-refractivity contribution in [2.24, 2.45) is 13.0 Å². The molecular weight excluding hydrogens is 493 g/mol. The van der Waals surface area contributed by atoms with Crippen LogP contribution in [0.5, 0.6) is 5.75 Å². The standard InChI is InChI=1S/C26H26FN7O4/c1-33-14-30-25(32-33)18-10-19(18)26(37)31-23-9-16(4-6-29-23)15-2-3-21(17(8-15)11-28)38-22-5-7-34(12-20(22)27)24(36)13-35/h2-4,6,8-9,14,18-20,22,35H,5,7,10,12-13H2,1H3,(H,29,31,37)/t18?,19?,20-,22+/m1/s1. The highest BCUT2D eigenvalue weighted by molar-refractivity contribution is 5.94. The molecule has 3 heterocycles. The quantitative estimate of drug-likeness (QED) is 0.481. The van der Waals surface area contributed by atoms with Gasteiger partial charge in [0.2, 0.25) is 11.8 Å². The molecule has 2 aromatic heterocycles. The zero-order valence-corrected chi connectivity index (χ0v) is 20.6. The van der Waals surface area contributed by atoms with Crippen LogP contribution < -0.4 is 10.1 Å². The lowest BCUT2D eigenvalue weighted by atomic mass is 10.0. The van der Waals surface area contributed by atoms with Crippen molar-refractivity contribution >= 4 is 17.6 Å². The van der Waals surface area contributed by atoms with Crippen LogP contribution in [0.2, 0.25) is 0 Å². The van der Waals surface area contributed by atoms with E-state index in [0.717, 1.165) is 5.56 Å². The Bertz CT molecular complexity index is 1400. The first-order valence-electron chi connectivity index (χ1n) is 12.2. The Labute approximate surface area is 217 Å². The topological polar surface area (TPSA) is 146 Å². The third kappa shape index (κ3) is 5.33. The van der Waals surface area contributed by atoms with E-state index in [1.54, 1.807) is 54.6 Å². The van der Waals surface area contributed by atoms with Gasteiger partial charge < -0.3 is 20.1 Å². The maximum absolute atomic E-state index is 14.7. The third-order valence-corrected chi connectivity index (χ3v) is 6.77. The fourth-order valence-corrected chi connectivity index (χ4v) is 4.60. The molecule has 11 nitrogen and oxygen atoms in total. The van der Waals surface area contributed by atoms with Gasteiger partial charge in [0.05, 0.1) is 12.1 Å². The summed E-state index contributed by atoms with van der Waals surface area (Å²) in [5, 5.41) is 25.8. The second-order valence-electron chi connectivity index (χ2n) is 9.43. The number of piperidine rings is 1. The molecule has 3 aromatic rings. The van der Waals surface area contributed by atoms with Crippen molar-refractivity contribution in [3.63, 3.8) is 0 Å². The monoisotopic (exact) mass is 519 g/mol. The lowest BCUT2D eigenvalue weighted by Crippen LogP contribution is -2.50. The fraction of sp³-hybridized carbons (Fsp3) is 0.385. The lowest BCUT2D eigenvalue weighted by molar-refractivity contribution is -0.138. The number of nitrogens with one attached hydrogen (secondary N) is 1. The van der Waals surface area contributed by atoms with Crippen LogP contribution in [-0.2, 0) is 16.6 Å². The van der Waals surface area contributed by atoms with Crippen LogP contribution in [0.25, 0.3) is 11.1 Å². The highest BCUT2D eigenvalue weighted by atomic mass is 19.1. The van der Waals surface area contributed by atoms with Crippen molar-refractivity contribution in [1.29, 1.82) is 5.26 Å². The van der Waals surface area contributed by atoms with Gasteiger partial charge >= 0.3 is 0 Å². The van der Waals surface area contributed by atoms with Crippen molar-refractivity contribution in [3.8, 4) is 22.9 Å². The molecule has 1 aliphatic heterocycles. The van der Waals surface area contributed by atoms with Crippen LogP contribution in [-0.4, -0.2) is 73.5 Å². The van der Waals surface area contributed by atoms with Crippen molar-refractivity contribution < 1.29 is 23.8 Å². The first-order chi connectivity index (χ1) is 18.4. The molecule has 1 saturated heterocycles. The average Bonchev–Trinajstić information content (AvgIpc) is 3.62. The molecule has 2 N–H and O–H groups in total. The number of aryl methyl sites for hydroxylation is 1. The van der Waals surface area contributed by atoms with E-state index in [0.29, 0.717) is 23.6 Å². The number of aliphatic hydroxyl groups excluding tert-OH is 1. The Hall–Kier alpha value is -4.37. The number of pyridine rings is 1. The minimum absolute atomic E-state index is 0.00330. The summed E-state index contributed by atoms with van der Waals surface area (Å²) < 4.78 is 22.1. The summed E-state index contributed by atoms with van der Waals surface area (Å²) in [7, 11) is 1.78. The fourth-order valence-electron chi connectivity index (χ4n) is 4.60. The number of aliphatic hydroxyl groups is 1. The van der Waals surface area contributed by atoms with Crippen molar-refractivity contribution in [3.05, 3.63) is 54.2 Å². The number of hydrogen-bond acceptors (Lipinski definition) is 8. The van der Waals surface area contributed by atoms with Crippen LogP contribution in [0, 0.1) is 17.2 Å². The van der Waals surface area contributed by atoms with Gasteiger partial charge in [0.15, 0.2) is 12.0 Å². The summed E-state index contributed by atoms with van der Waals surface area (Å²) in [6, 6.07) is 10.6. The van der Waals surface area contributed by atoms with Crippen LogP contribution in [0.3, 0.4) is 0 Å². The van der Waals surface area contributed by atoms with Gasteiger partial charge in [0.1, 0.15) is 36.7 Å². The number of hydrogen-bond donors (Lipinski definition) is 2. The number of nitrogens with zero attached hydrogens (tertiary/aromatic N) is 6. The average molecular weight is 520 g/mol. The number of anilines is 1. The SMILES string of the molecule is Cn1cnc(C2CC2C(=O)Nc2cc(-c3ccc(O[C@H]4CCN(C(=O)CO)C[C@H]4F)c(C#N)c3)ccn2)n1. The Balaban J connectivity index is 1.25. The predicted molar refractivity (Wildman–Crippen MR) is 132 cm³/mol. The molecule has 2 unspecified atom stereocenters. The van der Waals surface area contributed by atoms with Gasteiger partial charge in [-0.2, -0.15) is 10.4 Å². The van der Waals surface area contributed by atoms with Gasteiger partial charge in [-0.1, -0.05) is 6.07 Å². The molecule has 5 rings (SSSR count). The molecule has 38 heavy (non-hydrogen) atoms. The molecule has 2 fully saturated rings. The maximum atomic E-state index is 14.7. The zero-order valence-electron chi connectivity index (χ0n) is 20.6. The van der Waals surface area contributed by atoms with Gasteiger partial charge in [-0.3, -0.25) is 14.3 Å². The molecular formula is C26H26FN7O4. The highest BCUT2D eigenvalue weighted by Crippen LogP contribution is 2.46. The van der Waals surface area contributed by atoms with Crippen LogP contribution in [0.4, 0.5) is 10.2 Å². The molecule has 0 radical (unpaired) electrons. The summed E-state index contributed by atoms with van der Waals surface area (Å²) >= 11 is 0. The van der Waals surface area contributed by atoms with E-state index in [2.05, 4.69) is 26.5 Å². The van der Waals surface area contributed by atoms with Gasteiger partial charge in [0, 0.05) is 38.0 Å². The Kier molecular flexibility index (Phi) is 7.02. The van der Waals surface area contributed by atoms with Crippen molar-refractivity contribution in [2.75, 3.05) is 25.0 Å². The van der Waals surface area contributed by atoms with Gasteiger partial charge in [-0.25, -0.2) is 14.4 Å². The van der Waals surface area contributed by atoms with Crippen molar-refractivity contribution in [2.45, 2.75) is 31.0 Å². The molecule has 0 spiro atoms. The molecule has 0 bridgehead atoms. The van der Waals surface area contributed by atoms with Crippen LogP contribution in [0.15, 0.2) is 42.9 Å². The molecule has 2 amide bonds. The van der Waals surface area contributed by atoms with Gasteiger partial charge in [-0.15, -0.1) is 0 Å². The Morgan fingerprint density at radius 2 is 2.08 bits per heavy atom. The maximum Gasteiger partial charge on any atom is 0.248 e.